The summed E-state index contributed by atoms with van der Waals surface area (Å²) >= 11 is 0. The number of fused-ring (bicyclic) bond motifs is 1. The Labute approximate surface area is 195 Å². The lowest BCUT2D eigenvalue weighted by molar-refractivity contribution is -0.144. The Balaban J connectivity index is 1.66. The molecule has 0 radical (unpaired) electrons. The van der Waals surface area contributed by atoms with Crippen LogP contribution in [0.5, 0.6) is 0 Å². The summed E-state index contributed by atoms with van der Waals surface area (Å²) in [6.45, 7) is 12.8. The molecule has 0 spiro atoms. The molecular weight excluding hydrogens is 400 g/mol. The third kappa shape index (κ3) is 5.87. The van der Waals surface area contributed by atoms with E-state index in [9.17, 15) is 14.7 Å². The number of hydrogen-bond donors (Lipinski definition) is 3. The molecule has 0 bridgehead atoms. The van der Waals surface area contributed by atoms with Gasteiger partial charge in [0.05, 0.1) is 6.10 Å². The number of aliphatic hydroxyl groups is 1. The van der Waals surface area contributed by atoms with E-state index in [2.05, 4.69) is 45.3 Å². The third-order valence-electron chi connectivity index (χ3n) is 8.93. The summed E-state index contributed by atoms with van der Waals surface area (Å²) in [5.41, 5.74) is 0.0488. The zero-order chi connectivity index (χ0) is 23.7. The molecule has 0 heterocycles. The maximum absolute atomic E-state index is 13.0. The smallest absolute Gasteiger partial charge is 0.223 e. The lowest BCUT2D eigenvalue weighted by Crippen LogP contribution is -2.59. The molecule has 0 aromatic carbocycles. The number of hydrogen-bond acceptors (Lipinski definition) is 3. The molecule has 0 aliphatic heterocycles. The van der Waals surface area contributed by atoms with Gasteiger partial charge in [-0.3, -0.25) is 9.59 Å². The van der Waals surface area contributed by atoms with E-state index in [0.29, 0.717) is 12.5 Å². The molecule has 7 atom stereocenters. The van der Waals surface area contributed by atoms with Gasteiger partial charge in [0, 0.05) is 24.4 Å². The van der Waals surface area contributed by atoms with Gasteiger partial charge < -0.3 is 15.7 Å². The van der Waals surface area contributed by atoms with Gasteiger partial charge in [-0.25, -0.2) is 0 Å². The second-order valence-electron chi connectivity index (χ2n) is 12.8. The predicted octanol–water partition coefficient (Wildman–Crippen LogP) is 4.82. The van der Waals surface area contributed by atoms with Crippen LogP contribution >= 0.6 is 0 Å². The van der Waals surface area contributed by atoms with Crippen LogP contribution in [0.25, 0.3) is 0 Å². The van der Waals surface area contributed by atoms with Crippen molar-refractivity contribution in [1.29, 1.82) is 0 Å². The van der Waals surface area contributed by atoms with E-state index in [1.807, 2.05) is 6.92 Å². The van der Waals surface area contributed by atoms with Crippen LogP contribution in [0.4, 0.5) is 0 Å². The largest absolute Gasteiger partial charge is 0.392 e. The van der Waals surface area contributed by atoms with Crippen molar-refractivity contribution in [2.45, 2.75) is 124 Å². The fourth-order valence-corrected chi connectivity index (χ4v) is 7.01. The highest BCUT2D eigenvalue weighted by Crippen LogP contribution is 2.55. The Hall–Kier alpha value is -1.10. The summed E-state index contributed by atoms with van der Waals surface area (Å²) in [6, 6.07) is 0.406. The highest BCUT2D eigenvalue weighted by molar-refractivity contribution is 5.79. The van der Waals surface area contributed by atoms with Crippen molar-refractivity contribution in [2.75, 3.05) is 0 Å². The molecule has 0 aromatic heterocycles. The van der Waals surface area contributed by atoms with Crippen molar-refractivity contribution >= 4 is 11.8 Å². The van der Waals surface area contributed by atoms with Crippen molar-refractivity contribution in [3.63, 3.8) is 0 Å². The lowest BCUT2D eigenvalue weighted by Gasteiger charge is -2.56. The van der Waals surface area contributed by atoms with E-state index in [0.717, 1.165) is 38.5 Å². The summed E-state index contributed by atoms with van der Waals surface area (Å²) in [5, 5.41) is 18.1. The minimum absolute atomic E-state index is 0.0110. The molecule has 0 aromatic rings. The molecule has 5 heteroatoms. The predicted molar refractivity (Wildman–Crippen MR) is 129 cm³/mol. The van der Waals surface area contributed by atoms with Gasteiger partial charge in [0.1, 0.15) is 0 Å². The molecule has 5 nitrogen and oxygen atoms in total. The quantitative estimate of drug-likeness (QED) is 0.564. The molecule has 3 rings (SSSR count). The lowest BCUT2D eigenvalue weighted by atomic mass is 9.51. The molecular formula is C27H48N2O3. The van der Waals surface area contributed by atoms with Crippen molar-refractivity contribution in [3.05, 3.63) is 0 Å². The van der Waals surface area contributed by atoms with Crippen LogP contribution in [0, 0.1) is 34.5 Å². The molecule has 32 heavy (non-hydrogen) atoms. The number of aliphatic hydroxyl groups excluding tert-OH is 1. The fraction of sp³-hybridized carbons (Fsp3) is 0.926. The van der Waals surface area contributed by atoms with Gasteiger partial charge in [-0.15, -0.1) is 0 Å². The maximum atomic E-state index is 13.0. The van der Waals surface area contributed by atoms with Gasteiger partial charge in [0.25, 0.3) is 0 Å². The van der Waals surface area contributed by atoms with Crippen molar-refractivity contribution in [1.82, 2.24) is 10.6 Å². The number of rotatable bonds is 5. The number of nitrogens with one attached hydrogen (secondary N) is 2. The second kappa shape index (κ2) is 10.0. The number of amides is 2. The van der Waals surface area contributed by atoms with E-state index < -0.39 is 6.10 Å². The first-order valence-electron chi connectivity index (χ1n) is 13.2. The molecule has 3 saturated carbocycles. The minimum atomic E-state index is -0.502. The highest BCUT2D eigenvalue weighted by atomic mass is 16.3. The Morgan fingerprint density at radius 1 is 1.03 bits per heavy atom. The van der Waals surface area contributed by atoms with Gasteiger partial charge in [-0.2, -0.15) is 0 Å². The standard InChI is InChI=1S/C27H48N2O3/c1-17(25(32)28-19-10-8-7-9-11-19)20-12-14-27(6)15-13-21(18(2)23(27)24(20)31)29-22(30)16-26(3,4)5/h17-21,23-24,31H,7-16H2,1-6H3,(H,28,32)(H,29,30)/t17-,18+,20+,21-,23+,24-,27-/m0/s1. The van der Waals surface area contributed by atoms with Gasteiger partial charge in [-0.1, -0.05) is 60.8 Å². The topological polar surface area (TPSA) is 78.4 Å². The normalized spacial score (nSPS) is 37.3. The summed E-state index contributed by atoms with van der Waals surface area (Å²) < 4.78 is 0. The van der Waals surface area contributed by atoms with Crippen LogP contribution in [-0.2, 0) is 9.59 Å². The van der Waals surface area contributed by atoms with Crippen LogP contribution in [0.2, 0.25) is 0 Å². The Kier molecular flexibility index (Phi) is 8.00. The van der Waals surface area contributed by atoms with Crippen LogP contribution in [0.3, 0.4) is 0 Å². The van der Waals surface area contributed by atoms with Gasteiger partial charge in [0.15, 0.2) is 0 Å². The summed E-state index contributed by atoms with van der Waals surface area (Å²) in [6.07, 6.45) is 9.80. The molecule has 3 N–H and O–H groups in total. The first-order chi connectivity index (χ1) is 14.9. The zero-order valence-corrected chi connectivity index (χ0v) is 21.4. The van der Waals surface area contributed by atoms with Crippen LogP contribution < -0.4 is 10.6 Å². The number of carbonyl (C=O) groups is 2. The van der Waals surface area contributed by atoms with Crippen molar-refractivity contribution in [3.8, 4) is 0 Å². The Bertz CT molecular complexity index is 666. The average Bonchev–Trinajstić information content (AvgIpc) is 2.69. The van der Waals surface area contributed by atoms with Gasteiger partial charge in [0.2, 0.25) is 11.8 Å². The van der Waals surface area contributed by atoms with E-state index in [1.54, 1.807) is 0 Å². The van der Waals surface area contributed by atoms with E-state index in [-0.39, 0.29) is 52.4 Å². The molecule has 0 saturated heterocycles. The van der Waals surface area contributed by atoms with Crippen LogP contribution in [0.15, 0.2) is 0 Å². The monoisotopic (exact) mass is 448 g/mol. The summed E-state index contributed by atoms with van der Waals surface area (Å²) in [5.74, 6) is 0.342. The first kappa shape index (κ1) is 25.5. The van der Waals surface area contributed by atoms with Gasteiger partial charge in [-0.05, 0) is 67.1 Å². The van der Waals surface area contributed by atoms with Crippen LogP contribution in [0.1, 0.15) is 106 Å². The van der Waals surface area contributed by atoms with E-state index >= 15 is 0 Å². The maximum Gasteiger partial charge on any atom is 0.223 e. The summed E-state index contributed by atoms with van der Waals surface area (Å²) in [4.78, 5) is 25.7. The van der Waals surface area contributed by atoms with Gasteiger partial charge >= 0.3 is 0 Å². The Morgan fingerprint density at radius 2 is 1.66 bits per heavy atom. The van der Waals surface area contributed by atoms with E-state index in [1.165, 1.54) is 19.3 Å². The average molecular weight is 449 g/mol. The van der Waals surface area contributed by atoms with Crippen LogP contribution in [-0.4, -0.2) is 35.1 Å². The number of carbonyl (C=O) groups excluding carboxylic acids is 2. The molecule has 3 fully saturated rings. The Morgan fingerprint density at radius 3 is 2.28 bits per heavy atom. The van der Waals surface area contributed by atoms with Crippen molar-refractivity contribution < 1.29 is 14.7 Å². The first-order valence-corrected chi connectivity index (χ1v) is 13.2. The summed E-state index contributed by atoms with van der Waals surface area (Å²) in [7, 11) is 0. The molecule has 2 amide bonds. The SMILES string of the molecule is C[C@H]1[C@@H]2[C@@H](O)[C@@H]([C@H](C)C(=O)NC3CCCCC3)CC[C@@]2(C)CC[C@@H]1NC(=O)CC(C)(C)C. The van der Waals surface area contributed by atoms with E-state index in [4.69, 9.17) is 0 Å². The highest BCUT2D eigenvalue weighted by Gasteiger charge is 2.54. The molecule has 3 aliphatic carbocycles. The molecule has 184 valence electrons. The third-order valence-corrected chi connectivity index (χ3v) is 8.93. The fourth-order valence-electron chi connectivity index (χ4n) is 7.01. The zero-order valence-electron chi connectivity index (χ0n) is 21.4. The molecule has 0 unspecified atom stereocenters. The minimum Gasteiger partial charge on any atom is -0.392 e. The van der Waals surface area contributed by atoms with Crippen molar-refractivity contribution in [2.24, 2.45) is 34.5 Å². The molecule has 3 aliphatic rings. The second-order valence-corrected chi connectivity index (χ2v) is 12.8.